The molecule has 1 rings (SSSR count). The minimum atomic E-state index is -1.34. The van der Waals surface area contributed by atoms with E-state index in [0.717, 1.165) is 0 Å². The van der Waals surface area contributed by atoms with E-state index >= 15 is 0 Å². The summed E-state index contributed by atoms with van der Waals surface area (Å²) in [5.74, 6) is -1.31. The number of nitrogens with one attached hydrogen (secondary N) is 2. The zero-order valence-electron chi connectivity index (χ0n) is 9.61. The van der Waals surface area contributed by atoms with E-state index in [-0.39, 0.29) is 0 Å². The van der Waals surface area contributed by atoms with Crippen LogP contribution >= 0.6 is 11.6 Å². The number of carbonyl (C=O) groups excluding carboxylic acids is 1. The maximum absolute atomic E-state index is 11.5. The van der Waals surface area contributed by atoms with E-state index in [9.17, 15) is 9.59 Å². The molecule has 1 unspecified atom stereocenters. The number of carboxylic acids is 1. The number of benzene rings is 1. The van der Waals surface area contributed by atoms with E-state index in [4.69, 9.17) is 21.8 Å². The summed E-state index contributed by atoms with van der Waals surface area (Å²) in [6.45, 7) is 1.04. The molecule has 0 aliphatic rings. The molecule has 0 fully saturated rings. The van der Waals surface area contributed by atoms with Crippen LogP contribution in [0.2, 0.25) is 5.02 Å². The van der Waals surface area contributed by atoms with Crippen LogP contribution in [0.15, 0.2) is 18.2 Å². The summed E-state index contributed by atoms with van der Waals surface area (Å²) in [5, 5.41) is 22.5. The highest BCUT2D eigenvalue weighted by molar-refractivity contribution is 6.31. The second-order valence-corrected chi connectivity index (χ2v) is 3.99. The van der Waals surface area contributed by atoms with Crippen molar-refractivity contribution in [1.29, 1.82) is 0 Å². The molecule has 6 nitrogen and oxygen atoms in total. The van der Waals surface area contributed by atoms with Crippen LogP contribution in [-0.2, 0) is 4.79 Å². The van der Waals surface area contributed by atoms with Crippen molar-refractivity contribution in [2.75, 3.05) is 11.9 Å². The lowest BCUT2D eigenvalue weighted by atomic mass is 10.2. The molecule has 0 aliphatic heterocycles. The smallest absolute Gasteiger partial charge is 0.328 e. The van der Waals surface area contributed by atoms with E-state index in [1.807, 2.05) is 0 Å². The summed E-state index contributed by atoms with van der Waals surface area (Å²) in [6, 6.07) is 2.90. The average molecular weight is 273 g/mol. The van der Waals surface area contributed by atoms with Crippen LogP contribution in [0.25, 0.3) is 0 Å². The molecule has 1 aromatic rings. The van der Waals surface area contributed by atoms with E-state index in [2.05, 4.69) is 10.6 Å². The zero-order valence-corrected chi connectivity index (χ0v) is 10.4. The number of hydrogen-bond acceptors (Lipinski definition) is 3. The van der Waals surface area contributed by atoms with Gasteiger partial charge in [0.15, 0.2) is 6.04 Å². The highest BCUT2D eigenvalue weighted by Gasteiger charge is 2.18. The van der Waals surface area contributed by atoms with Gasteiger partial charge < -0.3 is 20.8 Å². The molecule has 7 heteroatoms. The van der Waals surface area contributed by atoms with Gasteiger partial charge in [0.25, 0.3) is 0 Å². The van der Waals surface area contributed by atoms with Crippen molar-refractivity contribution in [3.05, 3.63) is 28.8 Å². The predicted octanol–water partition coefficient (Wildman–Crippen LogP) is 1.22. The number of aliphatic carboxylic acids is 1. The van der Waals surface area contributed by atoms with Gasteiger partial charge in [0.2, 0.25) is 0 Å². The lowest BCUT2D eigenvalue weighted by molar-refractivity contribution is -0.140. The van der Waals surface area contributed by atoms with Crippen LogP contribution < -0.4 is 10.6 Å². The first-order chi connectivity index (χ1) is 8.45. The van der Waals surface area contributed by atoms with Gasteiger partial charge in [0.1, 0.15) is 0 Å². The Bertz CT molecular complexity index is 464. The Kier molecular flexibility index (Phi) is 4.94. The molecule has 0 spiro atoms. The predicted molar refractivity (Wildman–Crippen MR) is 66.9 cm³/mol. The molecule has 0 saturated carbocycles. The normalized spacial score (nSPS) is 11.7. The fourth-order valence-electron chi connectivity index (χ4n) is 1.25. The maximum atomic E-state index is 11.5. The third-order valence-corrected chi connectivity index (χ3v) is 2.71. The van der Waals surface area contributed by atoms with Gasteiger partial charge in [-0.2, -0.15) is 0 Å². The summed E-state index contributed by atoms with van der Waals surface area (Å²) in [6.07, 6.45) is 0. The van der Waals surface area contributed by atoms with Gasteiger partial charge >= 0.3 is 12.0 Å². The second kappa shape index (κ2) is 6.23. The number of carbonyl (C=O) groups is 2. The monoisotopic (exact) mass is 272 g/mol. The molecule has 18 heavy (non-hydrogen) atoms. The molecular weight excluding hydrogens is 260 g/mol. The van der Waals surface area contributed by atoms with Gasteiger partial charge in [-0.3, -0.25) is 0 Å². The number of hydrogen-bond donors (Lipinski definition) is 4. The molecule has 2 amide bonds. The Morgan fingerprint density at radius 1 is 1.44 bits per heavy atom. The first kappa shape index (κ1) is 14.3. The molecule has 0 saturated heterocycles. The summed E-state index contributed by atoms with van der Waals surface area (Å²) < 4.78 is 0. The fourth-order valence-corrected chi connectivity index (χ4v) is 1.42. The topological polar surface area (TPSA) is 98.7 Å². The quantitative estimate of drug-likeness (QED) is 0.662. The average Bonchev–Trinajstić information content (AvgIpc) is 2.31. The van der Waals surface area contributed by atoms with Crippen molar-refractivity contribution >= 4 is 29.3 Å². The highest BCUT2D eigenvalue weighted by Crippen LogP contribution is 2.22. The Hall–Kier alpha value is -1.79. The lowest BCUT2D eigenvalue weighted by Crippen LogP contribution is -2.45. The summed E-state index contributed by atoms with van der Waals surface area (Å²) in [5.41, 5.74) is 1.15. The van der Waals surface area contributed by atoms with E-state index in [1.54, 1.807) is 25.1 Å². The van der Waals surface area contributed by atoms with Crippen molar-refractivity contribution in [3.63, 3.8) is 0 Å². The number of rotatable bonds is 4. The standard InChI is InChI=1S/C11H13ClN2O4/c1-6-7(12)3-2-4-8(6)13-11(18)14-9(5-15)10(16)17/h2-4,9,15H,5H2,1H3,(H,16,17)(H2,13,14,18). The molecule has 0 bridgehead atoms. The zero-order chi connectivity index (χ0) is 13.7. The van der Waals surface area contributed by atoms with Crippen LogP contribution in [0.4, 0.5) is 10.5 Å². The Labute approximate surface area is 109 Å². The third kappa shape index (κ3) is 3.61. The number of anilines is 1. The van der Waals surface area contributed by atoms with Crippen molar-refractivity contribution in [3.8, 4) is 0 Å². The van der Waals surface area contributed by atoms with Gasteiger partial charge in [-0.15, -0.1) is 0 Å². The summed E-state index contributed by atoms with van der Waals surface area (Å²) in [4.78, 5) is 22.1. The molecule has 0 heterocycles. The van der Waals surface area contributed by atoms with Crippen molar-refractivity contribution in [1.82, 2.24) is 5.32 Å². The maximum Gasteiger partial charge on any atom is 0.328 e. The van der Waals surface area contributed by atoms with Crippen molar-refractivity contribution in [2.45, 2.75) is 13.0 Å². The number of carboxylic acid groups (broad SMARTS) is 1. The molecule has 0 aromatic heterocycles. The van der Waals surface area contributed by atoms with Crippen LogP contribution in [0.5, 0.6) is 0 Å². The van der Waals surface area contributed by atoms with Crippen LogP contribution in [0.3, 0.4) is 0 Å². The fraction of sp³-hybridized carbons (Fsp3) is 0.273. The minimum absolute atomic E-state index is 0.474. The van der Waals surface area contributed by atoms with Gasteiger partial charge in [0.05, 0.1) is 6.61 Å². The molecule has 0 aliphatic carbocycles. The number of urea groups is 1. The molecule has 0 radical (unpaired) electrons. The first-order valence-corrected chi connectivity index (χ1v) is 5.49. The Balaban J connectivity index is 2.70. The molecule has 1 aromatic carbocycles. The van der Waals surface area contributed by atoms with E-state index < -0.39 is 24.6 Å². The SMILES string of the molecule is Cc1c(Cl)cccc1NC(=O)NC(CO)C(=O)O. The number of halogens is 1. The van der Waals surface area contributed by atoms with E-state index in [0.29, 0.717) is 16.3 Å². The Morgan fingerprint density at radius 3 is 2.67 bits per heavy atom. The second-order valence-electron chi connectivity index (χ2n) is 3.58. The van der Waals surface area contributed by atoms with Gasteiger partial charge in [-0.05, 0) is 24.6 Å². The summed E-state index contributed by atoms with van der Waals surface area (Å²) >= 11 is 5.87. The van der Waals surface area contributed by atoms with Gasteiger partial charge in [0, 0.05) is 10.7 Å². The molecule has 1 atom stereocenters. The lowest BCUT2D eigenvalue weighted by Gasteiger charge is -2.14. The minimum Gasteiger partial charge on any atom is -0.480 e. The van der Waals surface area contributed by atoms with Crippen molar-refractivity contribution < 1.29 is 19.8 Å². The van der Waals surface area contributed by atoms with Crippen LogP contribution in [-0.4, -0.2) is 34.9 Å². The largest absolute Gasteiger partial charge is 0.480 e. The third-order valence-electron chi connectivity index (χ3n) is 2.30. The molecule has 98 valence electrons. The Morgan fingerprint density at radius 2 is 2.11 bits per heavy atom. The highest BCUT2D eigenvalue weighted by atomic mass is 35.5. The molecule has 4 N–H and O–H groups in total. The van der Waals surface area contributed by atoms with E-state index in [1.165, 1.54) is 0 Å². The summed E-state index contributed by atoms with van der Waals surface area (Å²) in [7, 11) is 0. The number of aliphatic hydroxyl groups is 1. The molecular formula is C11H13ClN2O4. The van der Waals surface area contributed by atoms with Crippen molar-refractivity contribution in [2.24, 2.45) is 0 Å². The van der Waals surface area contributed by atoms with Gasteiger partial charge in [-0.25, -0.2) is 9.59 Å². The van der Waals surface area contributed by atoms with Gasteiger partial charge in [-0.1, -0.05) is 17.7 Å². The van der Waals surface area contributed by atoms with Crippen LogP contribution in [0.1, 0.15) is 5.56 Å². The number of aliphatic hydroxyl groups excluding tert-OH is 1. The van der Waals surface area contributed by atoms with Crippen LogP contribution in [0, 0.1) is 6.92 Å². The number of amides is 2. The first-order valence-electron chi connectivity index (χ1n) is 5.12.